The van der Waals surface area contributed by atoms with E-state index in [2.05, 4.69) is 10.2 Å². The van der Waals surface area contributed by atoms with Gasteiger partial charge in [0.1, 0.15) is 0 Å². The monoisotopic (exact) mass is 301 g/mol. The fourth-order valence-corrected chi connectivity index (χ4v) is 5.57. The van der Waals surface area contributed by atoms with E-state index < -0.39 is 10.0 Å². The minimum atomic E-state index is -3.09. The lowest BCUT2D eigenvalue weighted by Gasteiger charge is -2.43. The van der Waals surface area contributed by atoms with Crippen LogP contribution < -0.4 is 5.32 Å². The van der Waals surface area contributed by atoms with Crippen LogP contribution in [0.2, 0.25) is 0 Å². The molecule has 3 aliphatic heterocycles. The summed E-state index contributed by atoms with van der Waals surface area (Å²) in [4.78, 5) is 2.48. The Balaban J connectivity index is 1.59. The van der Waals surface area contributed by atoms with E-state index in [1.807, 2.05) is 0 Å². The highest BCUT2D eigenvalue weighted by molar-refractivity contribution is 7.89. The van der Waals surface area contributed by atoms with Crippen molar-refractivity contribution in [1.29, 1.82) is 0 Å². The van der Waals surface area contributed by atoms with Crippen LogP contribution in [0.3, 0.4) is 0 Å². The maximum atomic E-state index is 12.6. The van der Waals surface area contributed by atoms with Crippen molar-refractivity contribution in [3.05, 3.63) is 0 Å². The third kappa shape index (κ3) is 3.35. The Morgan fingerprint density at radius 2 is 1.85 bits per heavy atom. The van der Waals surface area contributed by atoms with Gasteiger partial charge in [-0.3, -0.25) is 4.90 Å². The van der Waals surface area contributed by atoms with E-state index in [0.29, 0.717) is 18.3 Å². The van der Waals surface area contributed by atoms with Crippen molar-refractivity contribution in [2.75, 3.05) is 38.5 Å². The average molecular weight is 301 g/mol. The SMILES string of the molecule is O=S(=O)(CC1CCCCN1)N1CCN2CCCCC2C1. The lowest BCUT2D eigenvalue weighted by atomic mass is 10.0. The van der Waals surface area contributed by atoms with E-state index >= 15 is 0 Å². The van der Waals surface area contributed by atoms with Crippen molar-refractivity contribution in [3.63, 3.8) is 0 Å². The van der Waals surface area contributed by atoms with Gasteiger partial charge in [-0.1, -0.05) is 12.8 Å². The summed E-state index contributed by atoms with van der Waals surface area (Å²) in [6, 6.07) is 0.629. The van der Waals surface area contributed by atoms with Crippen molar-refractivity contribution in [2.24, 2.45) is 0 Å². The van der Waals surface area contributed by atoms with Gasteiger partial charge < -0.3 is 5.32 Å². The van der Waals surface area contributed by atoms with Gasteiger partial charge in [-0.05, 0) is 38.8 Å². The normalized spacial score (nSPS) is 33.8. The Kier molecular flexibility index (Phi) is 4.65. The predicted octanol–water partition coefficient (Wildman–Crippen LogP) is 0.628. The molecule has 116 valence electrons. The van der Waals surface area contributed by atoms with Gasteiger partial charge >= 0.3 is 0 Å². The van der Waals surface area contributed by atoms with Crippen LogP contribution in [0.5, 0.6) is 0 Å². The van der Waals surface area contributed by atoms with Crippen LogP contribution in [0, 0.1) is 0 Å². The number of piperazine rings is 1. The first-order valence-corrected chi connectivity index (χ1v) is 9.71. The number of sulfonamides is 1. The number of hydrogen-bond acceptors (Lipinski definition) is 4. The van der Waals surface area contributed by atoms with Crippen molar-refractivity contribution in [2.45, 2.75) is 50.6 Å². The first-order chi connectivity index (χ1) is 9.65. The maximum absolute atomic E-state index is 12.6. The predicted molar refractivity (Wildman–Crippen MR) is 80.2 cm³/mol. The summed E-state index contributed by atoms with van der Waals surface area (Å²) < 4.78 is 27.0. The number of piperidine rings is 2. The lowest BCUT2D eigenvalue weighted by molar-refractivity contribution is 0.0850. The van der Waals surface area contributed by atoms with Crippen LogP contribution in [0.15, 0.2) is 0 Å². The highest BCUT2D eigenvalue weighted by atomic mass is 32.2. The van der Waals surface area contributed by atoms with Gasteiger partial charge in [-0.15, -0.1) is 0 Å². The van der Waals surface area contributed by atoms with E-state index in [1.54, 1.807) is 4.31 Å². The van der Waals surface area contributed by atoms with E-state index in [4.69, 9.17) is 0 Å². The molecule has 0 spiro atoms. The molecule has 3 fully saturated rings. The molecular formula is C14H27N3O2S. The molecule has 0 aliphatic carbocycles. The molecule has 0 aromatic heterocycles. The summed E-state index contributed by atoms with van der Waals surface area (Å²) in [6.07, 6.45) is 7.02. The Bertz CT molecular complexity index is 420. The second-order valence-corrected chi connectivity index (χ2v) is 8.48. The van der Waals surface area contributed by atoms with Crippen LogP contribution in [-0.2, 0) is 10.0 Å². The third-order valence-electron chi connectivity index (χ3n) is 5.02. The molecule has 2 unspecified atom stereocenters. The van der Waals surface area contributed by atoms with Crippen LogP contribution >= 0.6 is 0 Å². The highest BCUT2D eigenvalue weighted by Crippen LogP contribution is 2.23. The fourth-order valence-electron chi connectivity index (χ4n) is 3.81. The average Bonchev–Trinajstić information content (AvgIpc) is 2.47. The van der Waals surface area contributed by atoms with E-state index in [9.17, 15) is 8.42 Å². The van der Waals surface area contributed by atoms with Crippen LogP contribution in [0.25, 0.3) is 0 Å². The molecule has 3 saturated heterocycles. The molecule has 20 heavy (non-hydrogen) atoms. The van der Waals surface area contributed by atoms with Crippen molar-refractivity contribution < 1.29 is 8.42 Å². The molecule has 2 atom stereocenters. The summed E-state index contributed by atoms with van der Waals surface area (Å²) >= 11 is 0. The zero-order valence-corrected chi connectivity index (χ0v) is 13.1. The molecule has 3 aliphatic rings. The lowest BCUT2D eigenvalue weighted by Crippen LogP contribution is -2.57. The van der Waals surface area contributed by atoms with Crippen LogP contribution in [0.4, 0.5) is 0 Å². The molecule has 1 N–H and O–H groups in total. The van der Waals surface area contributed by atoms with Crippen LogP contribution in [0.1, 0.15) is 38.5 Å². The number of rotatable bonds is 3. The molecule has 0 bridgehead atoms. The number of nitrogens with one attached hydrogen (secondary N) is 1. The third-order valence-corrected chi connectivity index (χ3v) is 6.96. The topological polar surface area (TPSA) is 52.7 Å². The van der Waals surface area contributed by atoms with Gasteiger partial charge in [-0.2, -0.15) is 4.31 Å². The van der Waals surface area contributed by atoms with Gasteiger partial charge in [0.05, 0.1) is 5.75 Å². The number of nitrogens with zero attached hydrogens (tertiary/aromatic N) is 2. The molecule has 3 rings (SSSR count). The first kappa shape index (κ1) is 14.8. The van der Waals surface area contributed by atoms with Gasteiger partial charge in [0.2, 0.25) is 10.0 Å². The Hall–Kier alpha value is -0.170. The van der Waals surface area contributed by atoms with Gasteiger partial charge in [0.15, 0.2) is 0 Å². The zero-order chi connectivity index (χ0) is 14.0. The first-order valence-electron chi connectivity index (χ1n) is 8.10. The molecule has 6 heteroatoms. The number of hydrogen-bond donors (Lipinski definition) is 1. The van der Waals surface area contributed by atoms with Gasteiger partial charge in [0, 0.05) is 31.7 Å². The molecule has 0 amide bonds. The van der Waals surface area contributed by atoms with E-state index in [1.165, 1.54) is 19.3 Å². The fraction of sp³-hybridized carbons (Fsp3) is 1.00. The largest absolute Gasteiger partial charge is 0.313 e. The molecule has 0 saturated carbocycles. The van der Waals surface area contributed by atoms with E-state index in [-0.39, 0.29) is 6.04 Å². The summed E-state index contributed by atoms with van der Waals surface area (Å²) in [5.41, 5.74) is 0. The maximum Gasteiger partial charge on any atom is 0.215 e. The molecule has 3 heterocycles. The smallest absolute Gasteiger partial charge is 0.215 e. The summed E-state index contributed by atoms with van der Waals surface area (Å²) in [6.45, 7) is 4.45. The standard InChI is InChI=1S/C14H27N3O2S/c18-20(19,12-13-5-1-3-7-15-13)17-10-9-16-8-4-2-6-14(16)11-17/h13-15H,1-12H2. The van der Waals surface area contributed by atoms with Gasteiger partial charge in [-0.25, -0.2) is 8.42 Å². The highest BCUT2D eigenvalue weighted by Gasteiger charge is 2.35. The summed E-state index contributed by atoms with van der Waals surface area (Å²) in [5, 5.41) is 3.35. The summed E-state index contributed by atoms with van der Waals surface area (Å²) in [7, 11) is -3.09. The minimum Gasteiger partial charge on any atom is -0.313 e. The van der Waals surface area contributed by atoms with Crippen LogP contribution in [-0.4, -0.2) is 68.2 Å². The van der Waals surface area contributed by atoms with Crippen molar-refractivity contribution in [3.8, 4) is 0 Å². The summed E-state index contributed by atoms with van der Waals surface area (Å²) in [5.74, 6) is 0.291. The Morgan fingerprint density at radius 1 is 1.00 bits per heavy atom. The van der Waals surface area contributed by atoms with E-state index in [0.717, 1.165) is 45.4 Å². The molecular weight excluding hydrogens is 274 g/mol. The second kappa shape index (κ2) is 6.30. The Morgan fingerprint density at radius 3 is 2.65 bits per heavy atom. The molecule has 5 nitrogen and oxygen atoms in total. The minimum absolute atomic E-state index is 0.165. The second-order valence-electron chi connectivity index (χ2n) is 6.47. The number of fused-ring (bicyclic) bond motifs is 1. The zero-order valence-electron chi connectivity index (χ0n) is 12.3. The molecule has 0 aromatic rings. The molecule has 0 aromatic carbocycles. The quantitative estimate of drug-likeness (QED) is 0.831. The molecule has 0 radical (unpaired) electrons. The van der Waals surface area contributed by atoms with Crippen molar-refractivity contribution >= 4 is 10.0 Å². The Labute approximate surface area is 122 Å². The van der Waals surface area contributed by atoms with Gasteiger partial charge in [0.25, 0.3) is 0 Å². The van der Waals surface area contributed by atoms with Crippen molar-refractivity contribution in [1.82, 2.24) is 14.5 Å².